The molecule has 2 aromatic rings. The van der Waals surface area contributed by atoms with Crippen LogP contribution in [0, 0.1) is 13.8 Å². The quantitative estimate of drug-likeness (QED) is 0.421. The van der Waals surface area contributed by atoms with Crippen molar-refractivity contribution < 1.29 is 14.3 Å². The van der Waals surface area contributed by atoms with Gasteiger partial charge in [0, 0.05) is 10.0 Å². The maximum atomic E-state index is 13.2. The van der Waals surface area contributed by atoms with Gasteiger partial charge in [0.25, 0.3) is 11.8 Å². The molecule has 5 nitrogen and oxygen atoms in total. The monoisotopic (exact) mass is 458 g/mol. The van der Waals surface area contributed by atoms with E-state index in [1.807, 2.05) is 45.0 Å². The highest BCUT2D eigenvalue weighted by molar-refractivity contribution is 9.10. The van der Waals surface area contributed by atoms with Crippen molar-refractivity contribution in [2.24, 2.45) is 0 Å². The Morgan fingerprint density at radius 1 is 1.18 bits per heavy atom. The van der Waals surface area contributed by atoms with Gasteiger partial charge in [-0.3, -0.25) is 19.8 Å². The summed E-state index contributed by atoms with van der Waals surface area (Å²) in [5.74, 6) is -0.411. The van der Waals surface area contributed by atoms with Crippen LogP contribution in [-0.4, -0.2) is 23.5 Å². The molecule has 0 aliphatic carbocycles. The Kier molecular flexibility index (Phi) is 5.96. The van der Waals surface area contributed by atoms with Crippen LogP contribution in [0.5, 0.6) is 5.75 Å². The number of hydrogen-bond donors (Lipinski definition) is 1. The summed E-state index contributed by atoms with van der Waals surface area (Å²) in [7, 11) is 0. The minimum atomic E-state index is -0.529. The molecule has 2 amide bonds. The van der Waals surface area contributed by atoms with Crippen molar-refractivity contribution in [3.63, 3.8) is 0 Å². The summed E-state index contributed by atoms with van der Waals surface area (Å²) in [4.78, 5) is 27.1. The highest BCUT2D eigenvalue weighted by atomic mass is 79.9. The molecule has 0 aromatic heterocycles. The van der Waals surface area contributed by atoms with E-state index in [-0.39, 0.29) is 10.7 Å². The Labute approximate surface area is 177 Å². The molecule has 0 bridgehead atoms. The van der Waals surface area contributed by atoms with Gasteiger partial charge in [-0.15, -0.1) is 0 Å². The smallest absolute Gasteiger partial charge is 0.270 e. The molecule has 1 aliphatic heterocycles. The van der Waals surface area contributed by atoms with Gasteiger partial charge in [-0.1, -0.05) is 33.6 Å². The van der Waals surface area contributed by atoms with Gasteiger partial charge in [0.15, 0.2) is 5.11 Å². The first-order valence-electron chi connectivity index (χ1n) is 8.73. The van der Waals surface area contributed by atoms with Crippen LogP contribution < -0.4 is 15.0 Å². The number of hydrogen-bond acceptors (Lipinski definition) is 4. The van der Waals surface area contributed by atoms with Crippen LogP contribution in [0.4, 0.5) is 5.69 Å². The number of ether oxygens (including phenoxy) is 1. The van der Waals surface area contributed by atoms with Gasteiger partial charge in [-0.05, 0) is 68.9 Å². The van der Waals surface area contributed by atoms with Crippen LogP contribution in [0.2, 0.25) is 0 Å². The highest BCUT2D eigenvalue weighted by Crippen LogP contribution is 2.29. The molecule has 1 heterocycles. The van der Waals surface area contributed by atoms with Gasteiger partial charge in [-0.25, -0.2) is 0 Å². The van der Waals surface area contributed by atoms with Gasteiger partial charge in [0.1, 0.15) is 11.3 Å². The predicted molar refractivity (Wildman–Crippen MR) is 117 cm³/mol. The van der Waals surface area contributed by atoms with Gasteiger partial charge in [0.2, 0.25) is 0 Å². The summed E-state index contributed by atoms with van der Waals surface area (Å²) < 4.78 is 6.43. The van der Waals surface area contributed by atoms with Crippen molar-refractivity contribution in [1.29, 1.82) is 0 Å². The lowest BCUT2D eigenvalue weighted by molar-refractivity contribution is -0.122. The van der Waals surface area contributed by atoms with Crippen molar-refractivity contribution in [3.05, 3.63) is 63.1 Å². The third-order valence-electron chi connectivity index (χ3n) is 4.27. The molecule has 7 heteroatoms. The molecule has 0 unspecified atom stereocenters. The Hall–Kier alpha value is -2.51. The van der Waals surface area contributed by atoms with Crippen molar-refractivity contribution in [1.82, 2.24) is 5.32 Å². The van der Waals surface area contributed by atoms with Gasteiger partial charge < -0.3 is 4.74 Å². The molecule has 3 rings (SSSR count). The number of nitrogens with zero attached hydrogens (tertiary/aromatic N) is 1. The van der Waals surface area contributed by atoms with Gasteiger partial charge in [0.05, 0.1) is 12.3 Å². The Morgan fingerprint density at radius 2 is 1.93 bits per heavy atom. The third-order valence-corrected chi connectivity index (χ3v) is 5.04. The molecule has 28 heavy (non-hydrogen) atoms. The lowest BCUT2D eigenvalue weighted by Crippen LogP contribution is -2.54. The number of aryl methyl sites for hydroxylation is 2. The van der Waals surface area contributed by atoms with Gasteiger partial charge >= 0.3 is 0 Å². The summed E-state index contributed by atoms with van der Waals surface area (Å²) in [5.41, 5.74) is 3.23. The van der Waals surface area contributed by atoms with Crippen LogP contribution in [0.25, 0.3) is 6.08 Å². The van der Waals surface area contributed by atoms with Crippen LogP contribution in [0.15, 0.2) is 46.4 Å². The number of nitrogens with one attached hydrogen (secondary N) is 1. The zero-order chi connectivity index (χ0) is 20.4. The second-order valence-electron chi connectivity index (χ2n) is 6.36. The van der Waals surface area contributed by atoms with E-state index in [0.29, 0.717) is 23.6 Å². The fraction of sp³-hybridized carbons (Fsp3) is 0.190. The minimum absolute atomic E-state index is 0.00683. The second kappa shape index (κ2) is 8.24. The van der Waals surface area contributed by atoms with E-state index in [1.54, 1.807) is 12.1 Å². The fourth-order valence-electron chi connectivity index (χ4n) is 3.01. The van der Waals surface area contributed by atoms with Crippen LogP contribution in [-0.2, 0) is 9.59 Å². The summed E-state index contributed by atoms with van der Waals surface area (Å²) in [6.45, 7) is 6.22. The number of thiocarbonyl (C=S) groups is 1. The standard InChI is InChI=1S/C21H19BrN2O3S/c1-4-27-18-8-6-15(22)10-14(18)11-16-19(25)23-21(28)24(20(16)26)17-7-5-12(2)9-13(17)3/h5-11H,4H2,1-3H3,(H,23,25,28)/b16-11+. The number of amides is 2. The molecular formula is C21H19BrN2O3S. The van der Waals surface area contributed by atoms with E-state index in [0.717, 1.165) is 15.6 Å². The van der Waals surface area contributed by atoms with E-state index >= 15 is 0 Å². The molecule has 1 saturated heterocycles. The van der Waals surface area contributed by atoms with E-state index in [4.69, 9.17) is 17.0 Å². The van der Waals surface area contributed by atoms with Crippen LogP contribution in [0.3, 0.4) is 0 Å². The molecule has 1 fully saturated rings. The highest BCUT2D eigenvalue weighted by Gasteiger charge is 2.35. The normalized spacial score (nSPS) is 15.8. The average Bonchev–Trinajstić information content (AvgIpc) is 2.62. The fourth-order valence-corrected chi connectivity index (χ4v) is 3.66. The number of benzene rings is 2. The van der Waals surface area contributed by atoms with Crippen molar-refractivity contribution in [3.8, 4) is 5.75 Å². The molecule has 2 aromatic carbocycles. The van der Waals surface area contributed by atoms with Crippen molar-refractivity contribution >= 4 is 56.8 Å². The lowest BCUT2D eigenvalue weighted by Gasteiger charge is -2.30. The Bertz CT molecular complexity index is 1020. The summed E-state index contributed by atoms with van der Waals surface area (Å²) in [6, 6.07) is 11.1. The minimum Gasteiger partial charge on any atom is -0.493 e. The van der Waals surface area contributed by atoms with E-state index in [1.165, 1.54) is 11.0 Å². The summed E-state index contributed by atoms with van der Waals surface area (Å²) >= 11 is 8.69. The van der Waals surface area contributed by atoms with E-state index in [2.05, 4.69) is 21.2 Å². The van der Waals surface area contributed by atoms with Gasteiger partial charge in [-0.2, -0.15) is 0 Å². The number of halogens is 1. The maximum absolute atomic E-state index is 13.2. The number of anilines is 1. The maximum Gasteiger partial charge on any atom is 0.270 e. The average molecular weight is 459 g/mol. The van der Waals surface area contributed by atoms with Crippen LogP contribution >= 0.6 is 28.1 Å². The first-order chi connectivity index (χ1) is 13.3. The van der Waals surface area contributed by atoms with Crippen molar-refractivity contribution in [2.75, 3.05) is 11.5 Å². The Morgan fingerprint density at radius 3 is 2.61 bits per heavy atom. The van der Waals surface area contributed by atoms with E-state index < -0.39 is 11.8 Å². The second-order valence-corrected chi connectivity index (χ2v) is 7.67. The predicted octanol–water partition coefficient (Wildman–Crippen LogP) is 4.30. The Balaban J connectivity index is 2.08. The third kappa shape index (κ3) is 4.00. The van der Waals surface area contributed by atoms with Crippen molar-refractivity contribution in [2.45, 2.75) is 20.8 Å². The first kappa shape index (κ1) is 20.2. The lowest BCUT2D eigenvalue weighted by atomic mass is 10.0. The SMILES string of the molecule is CCOc1ccc(Br)cc1/C=C1\C(=O)NC(=S)N(c2ccc(C)cc2C)C1=O. The number of rotatable bonds is 4. The zero-order valence-corrected chi connectivity index (χ0v) is 18.1. The molecule has 0 spiro atoms. The van der Waals surface area contributed by atoms with Crippen LogP contribution in [0.1, 0.15) is 23.6 Å². The summed E-state index contributed by atoms with van der Waals surface area (Å²) in [6.07, 6.45) is 1.53. The molecule has 0 saturated carbocycles. The molecule has 1 N–H and O–H groups in total. The topological polar surface area (TPSA) is 58.6 Å². The first-order valence-corrected chi connectivity index (χ1v) is 9.93. The number of carbonyl (C=O) groups excluding carboxylic acids is 2. The molecule has 0 atom stereocenters. The largest absolute Gasteiger partial charge is 0.493 e. The molecule has 1 aliphatic rings. The number of carbonyl (C=O) groups is 2. The zero-order valence-electron chi connectivity index (χ0n) is 15.7. The van der Waals surface area contributed by atoms with E-state index in [9.17, 15) is 9.59 Å². The molecular weight excluding hydrogens is 440 g/mol. The summed E-state index contributed by atoms with van der Waals surface area (Å²) in [5, 5.41) is 2.68. The molecule has 0 radical (unpaired) electrons. The molecule has 144 valence electrons.